The lowest BCUT2D eigenvalue weighted by Crippen LogP contribution is -2.24. The molecule has 0 saturated carbocycles. The van der Waals surface area contributed by atoms with Crippen LogP contribution in [0.3, 0.4) is 0 Å². The standard InChI is InChI=1S/C42H75NO11/c1-36(44)26-27-37(42(50)51)33-39(46)35-54-34-38(45)23-18-19-29-52-30-20-21-31-53-32-22-28-43-40(47)24-16-14-12-10-8-6-4-2-3-5-7-9-11-13-15-17-25-41(48)49/h37H,2-35H2,1H3,(H,43,47)(H,48,49)(H,50,51)/t37-/m1/s1. The molecule has 12 heteroatoms. The summed E-state index contributed by atoms with van der Waals surface area (Å²) < 4.78 is 16.4. The van der Waals surface area contributed by atoms with Crippen molar-refractivity contribution in [3.05, 3.63) is 0 Å². The van der Waals surface area contributed by atoms with E-state index in [-0.39, 0.29) is 49.9 Å². The molecule has 0 aliphatic heterocycles. The van der Waals surface area contributed by atoms with Crippen LogP contribution < -0.4 is 5.32 Å². The molecule has 0 unspecified atom stereocenters. The van der Waals surface area contributed by atoms with E-state index in [2.05, 4.69) is 5.32 Å². The maximum atomic E-state index is 12.1. The predicted octanol–water partition coefficient (Wildman–Crippen LogP) is 8.20. The second-order valence-electron chi connectivity index (χ2n) is 14.7. The van der Waals surface area contributed by atoms with Crippen LogP contribution in [0.2, 0.25) is 0 Å². The van der Waals surface area contributed by atoms with E-state index in [1.807, 2.05) is 0 Å². The van der Waals surface area contributed by atoms with Crippen LogP contribution in [0.5, 0.6) is 0 Å². The van der Waals surface area contributed by atoms with Gasteiger partial charge in [-0.3, -0.25) is 24.0 Å². The minimum atomic E-state index is -1.12. The van der Waals surface area contributed by atoms with E-state index in [0.717, 1.165) is 57.8 Å². The summed E-state index contributed by atoms with van der Waals surface area (Å²) in [6.07, 6.45) is 24.5. The molecule has 0 saturated heterocycles. The van der Waals surface area contributed by atoms with Gasteiger partial charge in [-0.2, -0.15) is 0 Å². The zero-order valence-corrected chi connectivity index (χ0v) is 33.7. The second-order valence-corrected chi connectivity index (χ2v) is 14.7. The van der Waals surface area contributed by atoms with E-state index in [9.17, 15) is 33.9 Å². The summed E-state index contributed by atoms with van der Waals surface area (Å²) in [4.78, 5) is 68.8. The number of ketones is 3. The van der Waals surface area contributed by atoms with Gasteiger partial charge in [-0.25, -0.2) is 0 Å². The van der Waals surface area contributed by atoms with Gasteiger partial charge in [0.1, 0.15) is 19.0 Å². The van der Waals surface area contributed by atoms with E-state index < -0.39 is 23.6 Å². The third-order valence-corrected chi connectivity index (χ3v) is 9.35. The molecule has 0 fully saturated rings. The van der Waals surface area contributed by atoms with Crippen molar-refractivity contribution in [3.8, 4) is 0 Å². The molecule has 1 atom stereocenters. The Balaban J connectivity index is 3.37. The fourth-order valence-electron chi connectivity index (χ4n) is 6.04. The summed E-state index contributed by atoms with van der Waals surface area (Å²) in [5, 5.41) is 20.8. The normalized spacial score (nSPS) is 11.7. The molecule has 1 amide bonds. The zero-order chi connectivity index (χ0) is 39.9. The second kappa shape index (κ2) is 38.6. The first-order valence-electron chi connectivity index (χ1n) is 21.1. The van der Waals surface area contributed by atoms with E-state index in [4.69, 9.17) is 19.3 Å². The van der Waals surface area contributed by atoms with Gasteiger partial charge in [-0.15, -0.1) is 0 Å². The Kier molecular flexibility index (Phi) is 36.6. The fraction of sp³-hybridized carbons (Fsp3) is 0.857. The highest BCUT2D eigenvalue weighted by Crippen LogP contribution is 2.15. The van der Waals surface area contributed by atoms with Gasteiger partial charge < -0.3 is 34.5 Å². The topological polar surface area (TPSA) is 183 Å². The summed E-state index contributed by atoms with van der Waals surface area (Å²) in [7, 11) is 0. The van der Waals surface area contributed by atoms with Crippen molar-refractivity contribution in [2.45, 2.75) is 180 Å². The molecule has 3 N–H and O–H groups in total. The molecule has 0 aliphatic rings. The average Bonchev–Trinajstić information content (AvgIpc) is 3.12. The van der Waals surface area contributed by atoms with Crippen molar-refractivity contribution in [2.75, 3.05) is 46.2 Å². The Hall–Kier alpha value is -2.70. The van der Waals surface area contributed by atoms with Gasteiger partial charge in [0, 0.05) is 65.1 Å². The molecule has 0 aromatic carbocycles. The van der Waals surface area contributed by atoms with Crippen molar-refractivity contribution >= 4 is 35.2 Å². The van der Waals surface area contributed by atoms with Gasteiger partial charge in [0.2, 0.25) is 5.91 Å². The molecular weight excluding hydrogens is 694 g/mol. The number of carboxylic acid groups (broad SMARTS) is 2. The van der Waals surface area contributed by atoms with Crippen molar-refractivity contribution < 1.29 is 53.2 Å². The summed E-state index contributed by atoms with van der Waals surface area (Å²) in [6, 6.07) is 0. The van der Waals surface area contributed by atoms with E-state index in [0.29, 0.717) is 58.7 Å². The molecule has 0 spiro atoms. The SMILES string of the molecule is CC(=O)CC[C@H](CC(=O)COCC(=O)CCCCOCCCCOCCCNC(=O)CCCCCCCCCCCCCCCCCCC(=O)O)C(=O)O. The van der Waals surface area contributed by atoms with E-state index in [1.165, 1.54) is 77.6 Å². The molecule has 314 valence electrons. The minimum Gasteiger partial charge on any atom is -0.481 e. The number of unbranched alkanes of at least 4 members (excludes halogenated alkanes) is 17. The van der Waals surface area contributed by atoms with Crippen molar-refractivity contribution in [1.82, 2.24) is 5.32 Å². The van der Waals surface area contributed by atoms with E-state index in [1.54, 1.807) is 0 Å². The smallest absolute Gasteiger partial charge is 0.306 e. The number of amides is 1. The van der Waals surface area contributed by atoms with Gasteiger partial charge in [-0.05, 0) is 58.3 Å². The largest absolute Gasteiger partial charge is 0.481 e. The fourth-order valence-corrected chi connectivity index (χ4v) is 6.04. The lowest BCUT2D eigenvalue weighted by molar-refractivity contribution is -0.145. The highest BCUT2D eigenvalue weighted by Gasteiger charge is 2.21. The van der Waals surface area contributed by atoms with Crippen LogP contribution in [-0.2, 0) is 43.0 Å². The number of carbonyl (C=O) groups excluding carboxylic acids is 4. The number of nitrogens with one attached hydrogen (secondary N) is 1. The third-order valence-electron chi connectivity index (χ3n) is 9.35. The molecule has 0 aliphatic carbocycles. The molecular formula is C42H75NO11. The van der Waals surface area contributed by atoms with Crippen LogP contribution in [0.25, 0.3) is 0 Å². The first-order valence-corrected chi connectivity index (χ1v) is 21.1. The number of hydrogen-bond acceptors (Lipinski definition) is 9. The Morgan fingerprint density at radius 3 is 1.39 bits per heavy atom. The van der Waals surface area contributed by atoms with Crippen molar-refractivity contribution in [2.24, 2.45) is 5.92 Å². The summed E-state index contributed by atoms with van der Waals surface area (Å²) in [5.41, 5.74) is 0. The molecule has 0 bridgehead atoms. The molecule has 12 nitrogen and oxygen atoms in total. The quantitative estimate of drug-likeness (QED) is 0.0508. The number of aliphatic carboxylic acids is 2. The highest BCUT2D eigenvalue weighted by atomic mass is 16.5. The van der Waals surface area contributed by atoms with Crippen LogP contribution >= 0.6 is 0 Å². The van der Waals surface area contributed by atoms with Crippen molar-refractivity contribution in [3.63, 3.8) is 0 Å². The van der Waals surface area contributed by atoms with Crippen LogP contribution in [0, 0.1) is 5.92 Å². The van der Waals surface area contributed by atoms with Crippen molar-refractivity contribution in [1.29, 1.82) is 0 Å². The lowest BCUT2D eigenvalue weighted by Gasteiger charge is -2.10. The lowest BCUT2D eigenvalue weighted by atomic mass is 9.96. The maximum absolute atomic E-state index is 12.1. The van der Waals surface area contributed by atoms with Crippen LogP contribution in [0.1, 0.15) is 180 Å². The Labute approximate surface area is 325 Å². The van der Waals surface area contributed by atoms with Crippen LogP contribution in [0.15, 0.2) is 0 Å². The average molecular weight is 770 g/mol. The zero-order valence-electron chi connectivity index (χ0n) is 33.7. The number of ether oxygens (including phenoxy) is 3. The first kappa shape index (κ1) is 51.3. The predicted molar refractivity (Wildman–Crippen MR) is 210 cm³/mol. The number of carbonyl (C=O) groups is 6. The number of Topliss-reactive ketones (excluding diaryl/α,β-unsaturated/α-hetero) is 3. The Morgan fingerprint density at radius 2 is 0.907 bits per heavy atom. The van der Waals surface area contributed by atoms with Gasteiger partial charge in [-0.1, -0.05) is 89.9 Å². The van der Waals surface area contributed by atoms with Crippen LogP contribution in [0.4, 0.5) is 0 Å². The summed E-state index contributed by atoms with van der Waals surface area (Å²) in [6.45, 7) is 3.99. The molecule has 0 heterocycles. The van der Waals surface area contributed by atoms with Gasteiger partial charge in [0.25, 0.3) is 0 Å². The highest BCUT2D eigenvalue weighted by molar-refractivity contribution is 5.85. The summed E-state index contributed by atoms with van der Waals surface area (Å²) in [5.74, 6) is -3.23. The summed E-state index contributed by atoms with van der Waals surface area (Å²) >= 11 is 0. The molecule has 0 rings (SSSR count). The Morgan fingerprint density at radius 1 is 0.481 bits per heavy atom. The van der Waals surface area contributed by atoms with Gasteiger partial charge >= 0.3 is 11.9 Å². The molecule has 0 aromatic heterocycles. The third kappa shape index (κ3) is 39.0. The van der Waals surface area contributed by atoms with Crippen LogP contribution in [-0.4, -0.2) is 91.6 Å². The minimum absolute atomic E-state index is 0.110. The number of hydrogen-bond donors (Lipinski definition) is 3. The Bertz CT molecular complexity index is 987. The molecule has 0 radical (unpaired) electrons. The maximum Gasteiger partial charge on any atom is 0.306 e. The molecule has 0 aromatic rings. The van der Waals surface area contributed by atoms with Gasteiger partial charge in [0.15, 0.2) is 11.6 Å². The molecule has 54 heavy (non-hydrogen) atoms. The van der Waals surface area contributed by atoms with E-state index >= 15 is 0 Å². The first-order chi connectivity index (χ1) is 26.1. The number of carboxylic acids is 2. The number of rotatable bonds is 43. The monoisotopic (exact) mass is 770 g/mol. The van der Waals surface area contributed by atoms with Gasteiger partial charge in [0.05, 0.1) is 5.92 Å².